The van der Waals surface area contributed by atoms with Crippen LogP contribution in [0.25, 0.3) is 0 Å². The Balaban J connectivity index is 2.19. The molecule has 6 heteroatoms. The van der Waals surface area contributed by atoms with Crippen LogP contribution in [0.1, 0.15) is 6.92 Å². The molecule has 2 N–H and O–H groups in total. The van der Waals surface area contributed by atoms with Gasteiger partial charge in [0.2, 0.25) is 0 Å². The number of nitrogens with zero attached hydrogens (tertiary/aromatic N) is 2. The van der Waals surface area contributed by atoms with E-state index in [4.69, 9.17) is 10.5 Å². The van der Waals surface area contributed by atoms with Gasteiger partial charge in [0.1, 0.15) is 12.7 Å². The number of ether oxygens (including phenoxy) is 1. The molecule has 2 unspecified atom stereocenters. The Bertz CT molecular complexity index is 562. The monoisotopic (exact) mass is 365 g/mol. The molecule has 0 saturated carbocycles. The van der Waals surface area contributed by atoms with Crippen molar-refractivity contribution in [2.45, 2.75) is 17.4 Å². The lowest BCUT2D eigenvalue weighted by Gasteiger charge is -2.36. The van der Waals surface area contributed by atoms with E-state index in [2.05, 4.69) is 20.9 Å². The summed E-state index contributed by atoms with van der Waals surface area (Å²) in [6.45, 7) is 2.83. The maximum absolute atomic E-state index is 11.9. The van der Waals surface area contributed by atoms with Crippen molar-refractivity contribution in [3.8, 4) is 0 Å². The molecule has 0 spiro atoms. The van der Waals surface area contributed by atoms with Crippen LogP contribution in [0, 0.1) is 0 Å². The van der Waals surface area contributed by atoms with E-state index in [9.17, 15) is 4.79 Å². The van der Waals surface area contributed by atoms with Crippen LogP contribution in [0.2, 0.25) is 0 Å². The summed E-state index contributed by atoms with van der Waals surface area (Å²) in [4.78, 5) is 18.1. The molecule has 0 fully saturated rings. The Labute approximate surface area is 139 Å². The van der Waals surface area contributed by atoms with Gasteiger partial charge in [0.25, 0.3) is 0 Å². The highest BCUT2D eigenvalue weighted by molar-refractivity contribution is 9.10. The molecule has 1 aliphatic rings. The fourth-order valence-corrected chi connectivity index (χ4v) is 2.82. The third-order valence-corrected chi connectivity index (χ3v) is 4.36. The summed E-state index contributed by atoms with van der Waals surface area (Å²) in [6.07, 6.45) is 5.09. The highest BCUT2D eigenvalue weighted by Crippen LogP contribution is 2.29. The van der Waals surface area contributed by atoms with Crippen LogP contribution in [-0.4, -0.2) is 42.4 Å². The summed E-state index contributed by atoms with van der Waals surface area (Å²) in [5.74, 6) is -0.265. The number of halogens is 1. The number of hydrogen-bond acceptors (Lipinski definition) is 5. The van der Waals surface area contributed by atoms with Crippen LogP contribution in [0.15, 0.2) is 47.5 Å². The first-order chi connectivity index (χ1) is 10.5. The van der Waals surface area contributed by atoms with Gasteiger partial charge in [-0.25, -0.2) is 0 Å². The molecule has 1 aliphatic heterocycles. The van der Waals surface area contributed by atoms with Gasteiger partial charge in [-0.3, -0.25) is 9.79 Å². The molecule has 1 heterocycles. The number of carbonyl (C=O) groups excluding carboxylic acids is 1. The molecule has 0 amide bonds. The van der Waals surface area contributed by atoms with Gasteiger partial charge in [-0.1, -0.05) is 40.2 Å². The zero-order chi connectivity index (χ0) is 16.0. The van der Waals surface area contributed by atoms with Crippen molar-refractivity contribution in [3.05, 3.63) is 42.5 Å². The average molecular weight is 366 g/mol. The van der Waals surface area contributed by atoms with Gasteiger partial charge in [-0.2, -0.15) is 0 Å². The van der Waals surface area contributed by atoms with Crippen LogP contribution >= 0.6 is 15.9 Å². The number of nitrogens with two attached hydrogens (primary N) is 1. The topological polar surface area (TPSA) is 67.9 Å². The fourth-order valence-electron chi connectivity index (χ4n) is 2.25. The Morgan fingerprint density at radius 3 is 2.82 bits per heavy atom. The zero-order valence-electron chi connectivity index (χ0n) is 12.5. The maximum Gasteiger partial charge on any atom is 0.325 e. The Kier molecular flexibility index (Phi) is 5.74. The first-order valence-electron chi connectivity index (χ1n) is 7.16. The first kappa shape index (κ1) is 16.7. The molecule has 0 bridgehead atoms. The van der Waals surface area contributed by atoms with E-state index in [-0.39, 0.29) is 12.5 Å². The van der Waals surface area contributed by atoms with E-state index in [1.165, 1.54) is 0 Å². The average Bonchev–Trinajstić information content (AvgIpc) is 2.51. The quantitative estimate of drug-likeness (QED) is 0.619. The highest BCUT2D eigenvalue weighted by Gasteiger charge is 2.35. The highest BCUT2D eigenvalue weighted by atomic mass is 79.9. The predicted octanol–water partition coefficient (Wildman–Crippen LogP) is 2.12. The molecule has 5 nitrogen and oxygen atoms in total. The summed E-state index contributed by atoms with van der Waals surface area (Å²) >= 11 is 3.67. The number of anilines is 1. The summed E-state index contributed by atoms with van der Waals surface area (Å²) < 4.78 is 4.54. The number of carbonyl (C=O) groups is 1. The van der Waals surface area contributed by atoms with Crippen molar-refractivity contribution in [1.29, 1.82) is 0 Å². The van der Waals surface area contributed by atoms with Gasteiger partial charge in [0.15, 0.2) is 0 Å². The van der Waals surface area contributed by atoms with Crippen molar-refractivity contribution in [2.24, 2.45) is 10.7 Å². The fraction of sp³-hybridized carbons (Fsp3) is 0.375. The molecule has 22 heavy (non-hydrogen) atoms. The van der Waals surface area contributed by atoms with Crippen molar-refractivity contribution >= 4 is 33.8 Å². The lowest BCUT2D eigenvalue weighted by atomic mass is 10.0. The van der Waals surface area contributed by atoms with E-state index >= 15 is 0 Å². The van der Waals surface area contributed by atoms with E-state index in [1.54, 1.807) is 13.1 Å². The SMILES string of the molecule is CCOC(=O)CN(CC1(Br)C=CC=NC1N)c1ccccc1. The first-order valence-corrected chi connectivity index (χ1v) is 7.95. The minimum absolute atomic E-state index is 0.162. The van der Waals surface area contributed by atoms with E-state index < -0.39 is 10.5 Å². The summed E-state index contributed by atoms with van der Waals surface area (Å²) in [6, 6.07) is 9.71. The van der Waals surface area contributed by atoms with Gasteiger partial charge < -0.3 is 15.4 Å². The molecule has 0 radical (unpaired) electrons. The van der Waals surface area contributed by atoms with Crippen LogP contribution in [-0.2, 0) is 9.53 Å². The van der Waals surface area contributed by atoms with Crippen LogP contribution in [0.5, 0.6) is 0 Å². The molecule has 2 rings (SSSR count). The van der Waals surface area contributed by atoms with Crippen molar-refractivity contribution in [2.75, 3.05) is 24.6 Å². The molecular formula is C16H20BrN3O2. The third kappa shape index (κ3) is 4.18. The van der Waals surface area contributed by atoms with Crippen LogP contribution < -0.4 is 10.6 Å². The van der Waals surface area contributed by atoms with Gasteiger partial charge in [-0.15, -0.1) is 0 Å². The molecule has 2 atom stereocenters. The number of alkyl halides is 1. The van der Waals surface area contributed by atoms with Crippen molar-refractivity contribution in [1.82, 2.24) is 0 Å². The third-order valence-electron chi connectivity index (χ3n) is 3.38. The van der Waals surface area contributed by atoms with Gasteiger partial charge in [0, 0.05) is 18.4 Å². The van der Waals surface area contributed by atoms with E-state index in [1.807, 2.05) is 47.4 Å². The number of benzene rings is 1. The minimum atomic E-state index is -0.524. The second kappa shape index (κ2) is 7.56. The second-order valence-electron chi connectivity index (χ2n) is 5.03. The van der Waals surface area contributed by atoms with Gasteiger partial charge in [-0.05, 0) is 25.1 Å². The number of hydrogen-bond donors (Lipinski definition) is 1. The van der Waals surface area contributed by atoms with E-state index in [0.717, 1.165) is 5.69 Å². The Hall–Kier alpha value is -1.66. The molecule has 1 aromatic rings. The number of para-hydroxylation sites is 1. The number of aliphatic imine (C=N–C) groups is 1. The maximum atomic E-state index is 11.9. The van der Waals surface area contributed by atoms with E-state index in [0.29, 0.717) is 13.2 Å². The molecule has 0 saturated heterocycles. The largest absolute Gasteiger partial charge is 0.465 e. The standard InChI is InChI=1S/C16H20BrN3O2/c1-2-22-14(21)11-20(13-7-4-3-5-8-13)12-16(17)9-6-10-19-15(16)18/h3-10,15H,2,11-12,18H2,1H3. The smallest absolute Gasteiger partial charge is 0.325 e. The van der Waals surface area contributed by atoms with Crippen LogP contribution in [0.4, 0.5) is 5.69 Å². The molecule has 118 valence electrons. The molecule has 0 aromatic heterocycles. The molecule has 0 aliphatic carbocycles. The van der Waals surface area contributed by atoms with Gasteiger partial charge >= 0.3 is 5.97 Å². The summed E-state index contributed by atoms with van der Waals surface area (Å²) in [5.41, 5.74) is 7.02. The van der Waals surface area contributed by atoms with Crippen LogP contribution in [0.3, 0.4) is 0 Å². The second-order valence-corrected chi connectivity index (χ2v) is 6.50. The molecule has 1 aromatic carbocycles. The summed E-state index contributed by atoms with van der Waals surface area (Å²) in [5, 5.41) is 0. The van der Waals surface area contributed by atoms with Crippen molar-refractivity contribution < 1.29 is 9.53 Å². The number of dihydropyridines is 1. The van der Waals surface area contributed by atoms with Crippen molar-refractivity contribution in [3.63, 3.8) is 0 Å². The Morgan fingerprint density at radius 1 is 1.45 bits per heavy atom. The normalized spacial score (nSPS) is 23.3. The Morgan fingerprint density at radius 2 is 2.18 bits per heavy atom. The number of allylic oxidation sites excluding steroid dienone is 1. The molecular weight excluding hydrogens is 346 g/mol. The van der Waals surface area contributed by atoms with Gasteiger partial charge in [0.05, 0.1) is 10.9 Å². The predicted molar refractivity (Wildman–Crippen MR) is 92.6 cm³/mol. The number of esters is 1. The zero-order valence-corrected chi connectivity index (χ0v) is 14.1. The lowest BCUT2D eigenvalue weighted by Crippen LogP contribution is -2.51. The lowest BCUT2D eigenvalue weighted by molar-refractivity contribution is -0.141. The number of rotatable bonds is 6. The summed E-state index contributed by atoms with van der Waals surface area (Å²) in [7, 11) is 0. The minimum Gasteiger partial charge on any atom is -0.465 e.